The molecule has 0 fully saturated rings. The molecule has 0 radical (unpaired) electrons. The topological polar surface area (TPSA) is 59.9 Å². The van der Waals surface area contributed by atoms with E-state index < -0.39 is 0 Å². The van der Waals surface area contributed by atoms with Crippen LogP contribution in [0.2, 0.25) is 0 Å². The molecule has 5 heteroatoms. The second-order valence-electron chi connectivity index (χ2n) is 2.85. The number of aromatic nitrogens is 2. The normalized spacial score (nSPS) is 8.31. The SMILES string of the molecule is CCc1cnc2cnccc2c1.Cl.O=C=O. The predicted octanol–water partition coefficient (Wildman–Crippen LogP) is 2.03. The Kier molecular flexibility index (Phi) is 6.68. The maximum Gasteiger partial charge on any atom is 0.373 e. The number of aryl methyl sites for hydroxylation is 1. The standard InChI is InChI=1S/C10H10N2.CO2.ClH/c1-2-8-5-9-3-4-11-7-10(9)12-6-8;2-1-3;/h3-7H,2H2,1H3;;1H. The average Bonchev–Trinajstić information content (AvgIpc) is 2.29. The van der Waals surface area contributed by atoms with E-state index in [1.54, 1.807) is 12.4 Å². The van der Waals surface area contributed by atoms with Gasteiger partial charge in [0.05, 0.1) is 11.7 Å². The van der Waals surface area contributed by atoms with E-state index in [4.69, 9.17) is 9.59 Å². The van der Waals surface area contributed by atoms with Crippen molar-refractivity contribution in [3.05, 3.63) is 36.3 Å². The van der Waals surface area contributed by atoms with Crippen LogP contribution in [0.4, 0.5) is 0 Å². The first kappa shape index (κ1) is 14.2. The number of halogens is 1. The highest BCUT2D eigenvalue weighted by atomic mass is 35.5. The lowest BCUT2D eigenvalue weighted by Crippen LogP contribution is -1.84. The van der Waals surface area contributed by atoms with Crippen molar-refractivity contribution in [3.63, 3.8) is 0 Å². The zero-order chi connectivity index (χ0) is 11.1. The van der Waals surface area contributed by atoms with Crippen LogP contribution in [0.15, 0.2) is 30.7 Å². The Morgan fingerprint density at radius 3 is 2.62 bits per heavy atom. The first-order chi connectivity index (χ1) is 7.31. The summed E-state index contributed by atoms with van der Waals surface area (Å²) in [6, 6.07) is 4.14. The Balaban J connectivity index is 0.000000511. The van der Waals surface area contributed by atoms with Crippen molar-refractivity contribution in [1.82, 2.24) is 9.97 Å². The monoisotopic (exact) mass is 238 g/mol. The molecule has 0 bridgehead atoms. The Bertz CT molecular complexity index is 482. The number of pyridine rings is 2. The van der Waals surface area contributed by atoms with E-state index >= 15 is 0 Å². The molecule has 2 heterocycles. The zero-order valence-corrected chi connectivity index (χ0v) is 9.53. The highest BCUT2D eigenvalue weighted by molar-refractivity contribution is 5.85. The largest absolute Gasteiger partial charge is 0.373 e. The smallest absolute Gasteiger partial charge is 0.262 e. The summed E-state index contributed by atoms with van der Waals surface area (Å²) < 4.78 is 0. The van der Waals surface area contributed by atoms with E-state index in [1.165, 1.54) is 10.9 Å². The van der Waals surface area contributed by atoms with Gasteiger partial charge in [-0.1, -0.05) is 6.92 Å². The van der Waals surface area contributed by atoms with Crippen LogP contribution in [0.25, 0.3) is 10.9 Å². The summed E-state index contributed by atoms with van der Waals surface area (Å²) in [6.07, 6.45) is 6.77. The van der Waals surface area contributed by atoms with Gasteiger partial charge in [-0.3, -0.25) is 9.97 Å². The fourth-order valence-corrected chi connectivity index (χ4v) is 1.21. The van der Waals surface area contributed by atoms with Gasteiger partial charge < -0.3 is 0 Å². The first-order valence-electron chi connectivity index (χ1n) is 4.49. The lowest BCUT2D eigenvalue weighted by Gasteiger charge is -1.98. The van der Waals surface area contributed by atoms with Gasteiger partial charge in [-0.2, -0.15) is 9.59 Å². The molecule has 0 saturated heterocycles. The second-order valence-corrected chi connectivity index (χ2v) is 2.85. The fourth-order valence-electron chi connectivity index (χ4n) is 1.21. The van der Waals surface area contributed by atoms with Crippen LogP contribution >= 0.6 is 12.4 Å². The van der Waals surface area contributed by atoms with Gasteiger partial charge in [-0.05, 0) is 24.1 Å². The number of hydrogen-bond donors (Lipinski definition) is 0. The first-order valence-corrected chi connectivity index (χ1v) is 4.49. The molecule has 0 aromatic carbocycles. The maximum absolute atomic E-state index is 8.12. The van der Waals surface area contributed by atoms with Crippen molar-refractivity contribution < 1.29 is 9.59 Å². The third-order valence-electron chi connectivity index (χ3n) is 1.95. The van der Waals surface area contributed by atoms with Crippen LogP contribution in [-0.4, -0.2) is 16.1 Å². The Morgan fingerprint density at radius 1 is 1.31 bits per heavy atom. The van der Waals surface area contributed by atoms with Gasteiger partial charge in [0.15, 0.2) is 0 Å². The molecule has 2 aromatic rings. The molecule has 2 aromatic heterocycles. The van der Waals surface area contributed by atoms with Gasteiger partial charge in [-0.25, -0.2) is 0 Å². The van der Waals surface area contributed by atoms with Crippen LogP contribution in [0.1, 0.15) is 12.5 Å². The zero-order valence-electron chi connectivity index (χ0n) is 8.71. The van der Waals surface area contributed by atoms with Gasteiger partial charge in [0.1, 0.15) is 0 Å². The third kappa shape index (κ3) is 3.77. The van der Waals surface area contributed by atoms with Crippen molar-refractivity contribution >= 4 is 29.5 Å². The van der Waals surface area contributed by atoms with Gasteiger partial charge in [0, 0.05) is 17.8 Å². The summed E-state index contributed by atoms with van der Waals surface area (Å²) in [5.41, 5.74) is 2.24. The van der Waals surface area contributed by atoms with Crippen LogP contribution in [0, 0.1) is 0 Å². The molecule has 2 rings (SSSR count). The van der Waals surface area contributed by atoms with Crippen molar-refractivity contribution in [2.24, 2.45) is 0 Å². The maximum atomic E-state index is 8.12. The molecule has 0 saturated carbocycles. The number of nitrogens with zero attached hydrogens (tertiary/aromatic N) is 2. The van der Waals surface area contributed by atoms with E-state index in [-0.39, 0.29) is 18.6 Å². The fraction of sp³-hybridized carbons (Fsp3) is 0.182. The summed E-state index contributed by atoms with van der Waals surface area (Å²) in [5.74, 6) is 0. The Labute approximate surface area is 99.1 Å². The second kappa shape index (κ2) is 7.51. The van der Waals surface area contributed by atoms with Crippen molar-refractivity contribution in [3.8, 4) is 0 Å². The molecule has 0 aliphatic carbocycles. The Hall–Kier alpha value is -1.77. The lowest BCUT2D eigenvalue weighted by atomic mass is 10.2. The summed E-state index contributed by atoms with van der Waals surface area (Å²) in [7, 11) is 0. The molecule has 84 valence electrons. The molecule has 0 atom stereocenters. The third-order valence-corrected chi connectivity index (χ3v) is 1.95. The van der Waals surface area contributed by atoms with Crippen LogP contribution in [-0.2, 0) is 16.0 Å². The van der Waals surface area contributed by atoms with E-state index in [2.05, 4.69) is 23.0 Å². The minimum Gasteiger partial charge on any atom is -0.262 e. The summed E-state index contributed by atoms with van der Waals surface area (Å²) in [6.45, 7) is 2.13. The average molecular weight is 239 g/mol. The number of hydrogen-bond acceptors (Lipinski definition) is 4. The minimum atomic E-state index is 0. The predicted molar refractivity (Wildman–Crippen MR) is 61.2 cm³/mol. The summed E-state index contributed by atoms with van der Waals surface area (Å²) in [5, 5.41) is 1.17. The van der Waals surface area contributed by atoms with Crippen molar-refractivity contribution in [2.45, 2.75) is 13.3 Å². The van der Waals surface area contributed by atoms with Gasteiger partial charge in [0.2, 0.25) is 0 Å². The minimum absolute atomic E-state index is 0. The number of rotatable bonds is 1. The van der Waals surface area contributed by atoms with Gasteiger partial charge in [0.25, 0.3) is 0 Å². The molecular weight excluding hydrogens is 228 g/mol. The molecule has 0 amide bonds. The van der Waals surface area contributed by atoms with Crippen LogP contribution in [0.5, 0.6) is 0 Å². The van der Waals surface area contributed by atoms with Crippen molar-refractivity contribution in [2.75, 3.05) is 0 Å². The van der Waals surface area contributed by atoms with Crippen LogP contribution in [0.3, 0.4) is 0 Å². The molecule has 4 nitrogen and oxygen atoms in total. The van der Waals surface area contributed by atoms with Gasteiger partial charge >= 0.3 is 6.15 Å². The lowest BCUT2D eigenvalue weighted by molar-refractivity contribution is -0.191. The van der Waals surface area contributed by atoms with Crippen molar-refractivity contribution in [1.29, 1.82) is 0 Å². The molecule has 16 heavy (non-hydrogen) atoms. The Morgan fingerprint density at radius 2 is 2.00 bits per heavy atom. The van der Waals surface area contributed by atoms with E-state index in [0.717, 1.165) is 11.9 Å². The van der Waals surface area contributed by atoms with Gasteiger partial charge in [-0.15, -0.1) is 12.4 Å². The van der Waals surface area contributed by atoms with E-state index in [9.17, 15) is 0 Å². The molecule has 0 aliphatic heterocycles. The molecule has 0 spiro atoms. The van der Waals surface area contributed by atoms with Crippen LogP contribution < -0.4 is 0 Å². The molecule has 0 N–H and O–H groups in total. The number of carbonyl (C=O) groups excluding carboxylic acids is 2. The van der Waals surface area contributed by atoms with E-state index in [0.29, 0.717) is 0 Å². The molecule has 0 unspecified atom stereocenters. The molecular formula is C11H11ClN2O2. The van der Waals surface area contributed by atoms with E-state index in [1.807, 2.05) is 12.3 Å². The quantitative estimate of drug-likeness (QED) is 0.763. The molecule has 0 aliphatic rings. The highest BCUT2D eigenvalue weighted by Crippen LogP contribution is 2.11. The summed E-state index contributed by atoms with van der Waals surface area (Å²) >= 11 is 0. The highest BCUT2D eigenvalue weighted by Gasteiger charge is 1.94. The number of fused-ring (bicyclic) bond motifs is 1. The summed E-state index contributed by atoms with van der Waals surface area (Å²) in [4.78, 5) is 24.5.